The summed E-state index contributed by atoms with van der Waals surface area (Å²) >= 11 is 0. The van der Waals surface area contributed by atoms with Crippen molar-refractivity contribution in [2.45, 2.75) is 25.7 Å². The molecule has 6 nitrogen and oxygen atoms in total. The van der Waals surface area contributed by atoms with Crippen molar-refractivity contribution in [1.82, 2.24) is 15.3 Å². The van der Waals surface area contributed by atoms with Crippen molar-refractivity contribution in [3.05, 3.63) is 17.6 Å². The molecule has 6 heteroatoms. The number of nitrogens with zero attached hydrogens (tertiary/aromatic N) is 3. The Kier molecular flexibility index (Phi) is 2.64. The Bertz CT molecular complexity index is 500. The fraction of sp³-hybridized carbons (Fsp3) is 0.545. The van der Waals surface area contributed by atoms with Gasteiger partial charge in [0, 0.05) is 18.6 Å². The summed E-state index contributed by atoms with van der Waals surface area (Å²) in [5.74, 6) is 1.84. The van der Waals surface area contributed by atoms with E-state index >= 15 is 0 Å². The van der Waals surface area contributed by atoms with Gasteiger partial charge in [-0.05, 0) is 12.8 Å². The molecule has 1 aliphatic rings. The maximum atomic E-state index is 5.29. The number of aromatic nitrogens is 3. The highest BCUT2D eigenvalue weighted by molar-refractivity contribution is 5.43. The summed E-state index contributed by atoms with van der Waals surface area (Å²) in [5.41, 5.74) is 0.879. The lowest BCUT2D eigenvalue weighted by Gasteiger charge is -1.97. The normalized spacial score (nSPS) is 19.9. The van der Waals surface area contributed by atoms with Gasteiger partial charge in [0.1, 0.15) is 0 Å². The smallest absolute Gasteiger partial charge is 0.296 e. The van der Waals surface area contributed by atoms with Crippen LogP contribution >= 0.6 is 0 Å². The Labute approximate surface area is 97.9 Å². The molecule has 3 heterocycles. The molecule has 0 aliphatic carbocycles. The minimum atomic E-state index is 0.237. The van der Waals surface area contributed by atoms with Gasteiger partial charge in [0.05, 0.1) is 12.3 Å². The lowest BCUT2D eigenvalue weighted by molar-refractivity contribution is 0.192. The van der Waals surface area contributed by atoms with Crippen molar-refractivity contribution in [3.63, 3.8) is 0 Å². The van der Waals surface area contributed by atoms with Gasteiger partial charge in [-0.2, -0.15) is 4.98 Å². The van der Waals surface area contributed by atoms with Crippen LogP contribution in [0.1, 0.15) is 30.8 Å². The Balaban J connectivity index is 1.83. The molecular weight excluding hydrogens is 222 g/mol. The van der Waals surface area contributed by atoms with Crippen LogP contribution in [0.25, 0.3) is 11.7 Å². The van der Waals surface area contributed by atoms with E-state index in [1.54, 1.807) is 0 Å². The molecule has 0 amide bonds. The third-order valence-corrected chi connectivity index (χ3v) is 2.87. The van der Waals surface area contributed by atoms with E-state index in [1.165, 1.54) is 0 Å². The van der Waals surface area contributed by atoms with Crippen molar-refractivity contribution in [2.24, 2.45) is 0 Å². The van der Waals surface area contributed by atoms with Crippen LogP contribution in [0.2, 0.25) is 0 Å². The van der Waals surface area contributed by atoms with E-state index in [4.69, 9.17) is 13.8 Å². The summed E-state index contributed by atoms with van der Waals surface area (Å²) in [5, 5.41) is 7.85. The molecular formula is C11H13N3O3. The van der Waals surface area contributed by atoms with Crippen molar-refractivity contribution < 1.29 is 13.8 Å². The van der Waals surface area contributed by atoms with Gasteiger partial charge in [0.2, 0.25) is 5.76 Å². The van der Waals surface area contributed by atoms with E-state index in [1.807, 2.05) is 13.0 Å². The quantitative estimate of drug-likeness (QED) is 0.807. The zero-order valence-corrected chi connectivity index (χ0v) is 9.55. The Hall–Kier alpha value is -1.69. The fourth-order valence-corrected chi connectivity index (χ4v) is 1.82. The highest BCUT2D eigenvalue weighted by Gasteiger charge is 2.24. The number of hydrogen-bond donors (Lipinski definition) is 0. The third kappa shape index (κ3) is 1.95. The van der Waals surface area contributed by atoms with E-state index < -0.39 is 0 Å². The summed E-state index contributed by atoms with van der Waals surface area (Å²) in [6, 6.07) is 1.82. The molecule has 1 unspecified atom stereocenters. The molecule has 0 aromatic carbocycles. The molecule has 0 N–H and O–H groups in total. The molecule has 1 saturated heterocycles. The van der Waals surface area contributed by atoms with Crippen LogP contribution in [-0.4, -0.2) is 28.5 Å². The van der Waals surface area contributed by atoms with E-state index in [0.717, 1.165) is 25.1 Å². The highest BCUT2D eigenvalue weighted by atomic mass is 16.5. The molecule has 2 aromatic rings. The van der Waals surface area contributed by atoms with Gasteiger partial charge in [-0.25, -0.2) is 0 Å². The average Bonchev–Trinajstić information content (AvgIpc) is 3.09. The Morgan fingerprint density at radius 3 is 3.00 bits per heavy atom. The lowest BCUT2D eigenvalue weighted by atomic mass is 10.1. The summed E-state index contributed by atoms with van der Waals surface area (Å²) in [7, 11) is 0. The third-order valence-electron chi connectivity index (χ3n) is 2.87. The first-order valence-electron chi connectivity index (χ1n) is 5.74. The van der Waals surface area contributed by atoms with E-state index in [0.29, 0.717) is 24.1 Å². The molecule has 1 fully saturated rings. The van der Waals surface area contributed by atoms with Crippen LogP contribution in [0, 0.1) is 0 Å². The van der Waals surface area contributed by atoms with Crippen molar-refractivity contribution in [2.75, 3.05) is 13.2 Å². The first-order chi connectivity index (χ1) is 8.36. The molecule has 2 aromatic heterocycles. The van der Waals surface area contributed by atoms with Crippen molar-refractivity contribution in [3.8, 4) is 11.7 Å². The predicted octanol–water partition coefficient (Wildman–Crippen LogP) is 1.79. The summed E-state index contributed by atoms with van der Waals surface area (Å²) in [6.07, 6.45) is 1.76. The zero-order valence-electron chi connectivity index (χ0n) is 9.55. The van der Waals surface area contributed by atoms with Gasteiger partial charge in [-0.1, -0.05) is 17.2 Å². The van der Waals surface area contributed by atoms with E-state index in [-0.39, 0.29) is 5.92 Å². The average molecular weight is 235 g/mol. The Morgan fingerprint density at radius 2 is 2.29 bits per heavy atom. The van der Waals surface area contributed by atoms with Crippen LogP contribution in [0.4, 0.5) is 0 Å². The number of rotatable bonds is 3. The number of aryl methyl sites for hydroxylation is 1. The molecule has 3 rings (SSSR count). The molecule has 0 radical (unpaired) electrons. The van der Waals surface area contributed by atoms with Gasteiger partial charge in [0.15, 0.2) is 5.82 Å². The topological polar surface area (TPSA) is 74.2 Å². The van der Waals surface area contributed by atoms with E-state index in [9.17, 15) is 0 Å². The van der Waals surface area contributed by atoms with Gasteiger partial charge in [0.25, 0.3) is 5.89 Å². The van der Waals surface area contributed by atoms with Gasteiger partial charge < -0.3 is 13.8 Å². The maximum absolute atomic E-state index is 5.29. The minimum Gasteiger partial charge on any atom is -0.381 e. The second kappa shape index (κ2) is 4.29. The second-order valence-electron chi connectivity index (χ2n) is 4.05. The highest BCUT2D eigenvalue weighted by Crippen LogP contribution is 2.25. The van der Waals surface area contributed by atoms with Crippen LogP contribution in [0.15, 0.2) is 15.1 Å². The minimum absolute atomic E-state index is 0.237. The van der Waals surface area contributed by atoms with Gasteiger partial charge in [-0.3, -0.25) is 0 Å². The molecule has 17 heavy (non-hydrogen) atoms. The first kappa shape index (κ1) is 10.5. The van der Waals surface area contributed by atoms with Crippen molar-refractivity contribution >= 4 is 0 Å². The zero-order chi connectivity index (χ0) is 11.7. The van der Waals surface area contributed by atoms with Crippen molar-refractivity contribution in [1.29, 1.82) is 0 Å². The number of ether oxygens (including phenoxy) is 1. The monoisotopic (exact) mass is 235 g/mol. The predicted molar refractivity (Wildman–Crippen MR) is 57.4 cm³/mol. The second-order valence-corrected chi connectivity index (χ2v) is 4.05. The maximum Gasteiger partial charge on any atom is 0.296 e. The molecule has 0 saturated carbocycles. The van der Waals surface area contributed by atoms with Gasteiger partial charge >= 0.3 is 0 Å². The standard InChI is InChI=1S/C11H13N3O3/c1-2-8-5-9(16-13-8)11-12-10(14-17-11)7-3-4-15-6-7/h5,7H,2-4,6H2,1H3. The summed E-state index contributed by atoms with van der Waals surface area (Å²) < 4.78 is 15.6. The SMILES string of the molecule is CCc1cc(-c2nc(C3CCOC3)no2)on1. The molecule has 1 atom stereocenters. The van der Waals surface area contributed by atoms with Crippen LogP contribution in [0.3, 0.4) is 0 Å². The largest absolute Gasteiger partial charge is 0.381 e. The van der Waals surface area contributed by atoms with Gasteiger partial charge in [-0.15, -0.1) is 0 Å². The van der Waals surface area contributed by atoms with E-state index in [2.05, 4.69) is 15.3 Å². The summed E-state index contributed by atoms with van der Waals surface area (Å²) in [4.78, 5) is 4.32. The molecule has 90 valence electrons. The molecule has 0 spiro atoms. The van der Waals surface area contributed by atoms with Crippen LogP contribution < -0.4 is 0 Å². The van der Waals surface area contributed by atoms with Crippen LogP contribution in [-0.2, 0) is 11.2 Å². The summed E-state index contributed by atoms with van der Waals surface area (Å²) in [6.45, 7) is 3.43. The molecule has 0 bridgehead atoms. The lowest BCUT2D eigenvalue weighted by Crippen LogP contribution is -1.99. The fourth-order valence-electron chi connectivity index (χ4n) is 1.82. The van der Waals surface area contributed by atoms with Crippen LogP contribution in [0.5, 0.6) is 0 Å². The number of hydrogen-bond acceptors (Lipinski definition) is 6. The Morgan fingerprint density at radius 1 is 1.35 bits per heavy atom. The molecule has 1 aliphatic heterocycles. The first-order valence-corrected chi connectivity index (χ1v) is 5.74.